The highest BCUT2D eigenvalue weighted by molar-refractivity contribution is 6.15. The number of hydrogen-bond donors (Lipinski definition) is 0. The molecule has 0 N–H and O–H groups in total. The molecule has 0 aromatic heterocycles. The van der Waals surface area contributed by atoms with E-state index in [1.807, 2.05) is 19.1 Å². The summed E-state index contributed by atoms with van der Waals surface area (Å²) in [6.45, 7) is 13.5. The van der Waals surface area contributed by atoms with Gasteiger partial charge in [0.15, 0.2) is 11.6 Å². The van der Waals surface area contributed by atoms with Crippen LogP contribution in [0.2, 0.25) is 0 Å². The lowest BCUT2D eigenvalue weighted by atomic mass is 9.73. The molecule has 33 heavy (non-hydrogen) atoms. The highest BCUT2D eigenvalue weighted by Gasteiger charge is 2.37. The van der Waals surface area contributed by atoms with Crippen LogP contribution in [0.4, 0.5) is 0 Å². The zero-order valence-corrected chi connectivity index (χ0v) is 22.2. The summed E-state index contributed by atoms with van der Waals surface area (Å²) in [6.07, 6.45) is 14.7. The lowest BCUT2D eigenvalue weighted by Gasteiger charge is -2.27. The van der Waals surface area contributed by atoms with Crippen LogP contribution in [-0.2, 0) is 0 Å². The lowest BCUT2D eigenvalue weighted by molar-refractivity contribution is 0.0750. The number of rotatable bonds is 14. The molecule has 0 heterocycles. The molecule has 0 fully saturated rings. The van der Waals surface area contributed by atoms with E-state index in [1.165, 1.54) is 56.9 Å². The second-order valence-corrected chi connectivity index (χ2v) is 11.3. The van der Waals surface area contributed by atoms with E-state index >= 15 is 0 Å². The summed E-state index contributed by atoms with van der Waals surface area (Å²) in [5.41, 5.74) is 2.57. The molecule has 4 unspecified atom stereocenters. The molecule has 0 aliphatic heterocycles. The molecule has 0 saturated carbocycles. The predicted molar refractivity (Wildman–Crippen MR) is 141 cm³/mol. The van der Waals surface area contributed by atoms with Crippen LogP contribution in [0.25, 0.3) is 0 Å². The van der Waals surface area contributed by atoms with E-state index in [0.717, 1.165) is 24.2 Å². The van der Waals surface area contributed by atoms with Crippen LogP contribution in [-0.4, -0.2) is 11.6 Å². The molecule has 0 amide bonds. The van der Waals surface area contributed by atoms with Gasteiger partial charge in [0.25, 0.3) is 0 Å². The van der Waals surface area contributed by atoms with Crippen molar-refractivity contribution in [2.45, 2.75) is 106 Å². The fourth-order valence-electron chi connectivity index (χ4n) is 5.22. The maximum absolute atomic E-state index is 12.9. The van der Waals surface area contributed by atoms with E-state index in [1.54, 1.807) is 12.1 Å². The van der Waals surface area contributed by atoms with Gasteiger partial charge in [-0.05, 0) is 43.9 Å². The second kappa shape index (κ2) is 13.9. The van der Waals surface area contributed by atoms with Crippen molar-refractivity contribution in [3.63, 3.8) is 0 Å². The van der Waals surface area contributed by atoms with Gasteiger partial charge in [0.2, 0.25) is 0 Å². The van der Waals surface area contributed by atoms with E-state index in [9.17, 15) is 9.59 Å². The van der Waals surface area contributed by atoms with E-state index in [4.69, 9.17) is 0 Å². The van der Waals surface area contributed by atoms with Crippen molar-refractivity contribution in [1.29, 1.82) is 0 Å². The number of carbonyl (C=O) groups excluding carboxylic acids is 2. The third-order valence-electron chi connectivity index (χ3n) is 7.67. The van der Waals surface area contributed by atoms with Crippen LogP contribution in [0, 0.1) is 29.6 Å². The Kier molecular flexibility index (Phi) is 11.6. The van der Waals surface area contributed by atoms with Gasteiger partial charge in [-0.3, -0.25) is 9.59 Å². The molecule has 2 nitrogen and oxygen atoms in total. The highest BCUT2D eigenvalue weighted by atomic mass is 16.1. The number of allylic oxidation sites excluding steroid dienone is 2. The summed E-state index contributed by atoms with van der Waals surface area (Å²) < 4.78 is 0. The SMILES string of the molecule is CC(=CCC1C(=O)c2ccccc2C(=O)C1C)CCCC(C)CCCC(C)CCCC(C)C. The Balaban J connectivity index is 1.68. The molecule has 0 bridgehead atoms. The summed E-state index contributed by atoms with van der Waals surface area (Å²) in [5.74, 6) is 2.28. The minimum atomic E-state index is -0.232. The van der Waals surface area contributed by atoms with Crippen LogP contribution in [0.1, 0.15) is 126 Å². The Bertz CT molecular complexity index is 788. The van der Waals surface area contributed by atoms with Gasteiger partial charge >= 0.3 is 0 Å². The molecular formula is C31H48O2. The number of hydrogen-bond acceptors (Lipinski definition) is 2. The third kappa shape index (κ3) is 8.87. The van der Waals surface area contributed by atoms with Crippen molar-refractivity contribution in [1.82, 2.24) is 0 Å². The first kappa shape index (κ1) is 27.5. The van der Waals surface area contributed by atoms with Gasteiger partial charge < -0.3 is 0 Å². The van der Waals surface area contributed by atoms with E-state index in [0.29, 0.717) is 17.5 Å². The zero-order valence-electron chi connectivity index (χ0n) is 22.2. The number of fused-ring (bicyclic) bond motifs is 1. The first-order chi connectivity index (χ1) is 15.7. The number of carbonyl (C=O) groups is 2. The molecule has 0 radical (unpaired) electrons. The van der Waals surface area contributed by atoms with Crippen LogP contribution in [0.3, 0.4) is 0 Å². The number of ketones is 2. The molecule has 4 atom stereocenters. The van der Waals surface area contributed by atoms with Gasteiger partial charge in [-0.15, -0.1) is 0 Å². The summed E-state index contributed by atoms with van der Waals surface area (Å²) >= 11 is 0. The molecule has 1 aliphatic carbocycles. The first-order valence-electron chi connectivity index (χ1n) is 13.5. The Labute approximate surface area is 203 Å². The minimum Gasteiger partial charge on any atom is -0.294 e. The number of Topliss-reactive ketones (excluding diaryl/α,β-unsaturated/α-hetero) is 2. The van der Waals surface area contributed by atoms with Crippen LogP contribution < -0.4 is 0 Å². The van der Waals surface area contributed by atoms with Gasteiger partial charge in [-0.1, -0.05) is 115 Å². The summed E-state index contributed by atoms with van der Waals surface area (Å²) in [6, 6.07) is 7.29. The average molecular weight is 453 g/mol. The van der Waals surface area contributed by atoms with Crippen molar-refractivity contribution in [2.75, 3.05) is 0 Å². The van der Waals surface area contributed by atoms with Crippen molar-refractivity contribution < 1.29 is 9.59 Å². The molecule has 1 aliphatic rings. The van der Waals surface area contributed by atoms with Gasteiger partial charge in [0.1, 0.15) is 0 Å². The Morgan fingerprint density at radius 2 is 1.33 bits per heavy atom. The summed E-state index contributed by atoms with van der Waals surface area (Å²) in [7, 11) is 0. The van der Waals surface area contributed by atoms with Gasteiger partial charge in [0.05, 0.1) is 0 Å². The molecule has 0 spiro atoms. The fraction of sp³-hybridized carbons (Fsp3) is 0.677. The standard InChI is InChI=1S/C31H48O2/c1-22(2)12-9-13-23(3)14-10-15-24(4)16-11-17-25(5)20-21-27-26(6)30(32)28-18-7-8-19-29(28)31(27)33/h7-8,18-20,22-24,26-27H,9-17,21H2,1-6H3. The quantitative estimate of drug-likeness (QED) is 0.264. The fourth-order valence-corrected chi connectivity index (χ4v) is 5.22. The smallest absolute Gasteiger partial charge is 0.167 e. The van der Waals surface area contributed by atoms with Crippen molar-refractivity contribution in [3.8, 4) is 0 Å². The van der Waals surface area contributed by atoms with Crippen LogP contribution >= 0.6 is 0 Å². The second-order valence-electron chi connectivity index (χ2n) is 11.3. The molecule has 2 rings (SSSR count). The van der Waals surface area contributed by atoms with E-state index < -0.39 is 0 Å². The van der Waals surface area contributed by atoms with E-state index in [2.05, 4.69) is 40.7 Å². The molecule has 184 valence electrons. The van der Waals surface area contributed by atoms with Crippen molar-refractivity contribution >= 4 is 11.6 Å². The normalized spacial score (nSPS) is 20.8. The Morgan fingerprint density at radius 1 is 0.818 bits per heavy atom. The molecule has 1 aromatic carbocycles. The summed E-state index contributed by atoms with van der Waals surface area (Å²) in [4.78, 5) is 25.6. The van der Waals surface area contributed by atoms with Crippen molar-refractivity contribution in [3.05, 3.63) is 47.0 Å². The van der Waals surface area contributed by atoms with Gasteiger partial charge in [-0.2, -0.15) is 0 Å². The monoisotopic (exact) mass is 452 g/mol. The van der Waals surface area contributed by atoms with Gasteiger partial charge in [0, 0.05) is 23.0 Å². The lowest BCUT2D eigenvalue weighted by Crippen LogP contribution is -2.34. The molecule has 0 saturated heterocycles. The maximum Gasteiger partial charge on any atom is 0.167 e. The first-order valence-corrected chi connectivity index (χ1v) is 13.5. The Morgan fingerprint density at radius 3 is 1.91 bits per heavy atom. The van der Waals surface area contributed by atoms with Gasteiger partial charge in [-0.25, -0.2) is 0 Å². The minimum absolute atomic E-state index is 0.115. The number of benzene rings is 1. The topological polar surface area (TPSA) is 34.1 Å². The molecular weight excluding hydrogens is 404 g/mol. The largest absolute Gasteiger partial charge is 0.294 e. The summed E-state index contributed by atoms with van der Waals surface area (Å²) in [5, 5.41) is 0. The van der Waals surface area contributed by atoms with Crippen molar-refractivity contribution in [2.24, 2.45) is 29.6 Å². The van der Waals surface area contributed by atoms with E-state index in [-0.39, 0.29) is 23.4 Å². The maximum atomic E-state index is 12.9. The van der Waals surface area contributed by atoms with Crippen LogP contribution in [0.15, 0.2) is 35.9 Å². The molecule has 1 aromatic rings. The Hall–Kier alpha value is -1.70. The zero-order chi connectivity index (χ0) is 24.4. The third-order valence-corrected chi connectivity index (χ3v) is 7.67. The van der Waals surface area contributed by atoms with Crippen LogP contribution in [0.5, 0.6) is 0 Å². The molecule has 2 heteroatoms. The highest BCUT2D eigenvalue weighted by Crippen LogP contribution is 2.33. The average Bonchev–Trinajstić information content (AvgIpc) is 2.77. The predicted octanol–water partition coefficient (Wildman–Crippen LogP) is 9.09.